The van der Waals surface area contributed by atoms with Gasteiger partial charge >= 0.3 is 0 Å². The highest BCUT2D eigenvalue weighted by Gasteiger charge is 2.29. The summed E-state index contributed by atoms with van der Waals surface area (Å²) in [5.41, 5.74) is 6.18. The minimum absolute atomic E-state index is 0.382. The number of hydrogen-bond donors (Lipinski definition) is 0. The zero-order valence-corrected chi connectivity index (χ0v) is 18.5. The first kappa shape index (κ1) is 19.8. The number of allylic oxidation sites excluding steroid dienone is 1. The van der Waals surface area contributed by atoms with Crippen molar-refractivity contribution < 1.29 is 0 Å². The number of benzene rings is 2. The van der Waals surface area contributed by atoms with E-state index in [9.17, 15) is 0 Å². The molecule has 2 aromatic carbocycles. The summed E-state index contributed by atoms with van der Waals surface area (Å²) in [4.78, 5) is 2.45. The lowest BCUT2D eigenvalue weighted by Crippen LogP contribution is -2.32. The topological polar surface area (TPSA) is 8.17 Å². The molecule has 3 aromatic rings. The second-order valence-corrected chi connectivity index (χ2v) is 8.74. The van der Waals surface area contributed by atoms with Gasteiger partial charge in [-0.15, -0.1) is 0 Å². The monoisotopic (exact) mass is 432 g/mol. The number of likely N-dealkylation sites (N-methyl/N-ethyl adjacent to an activating group) is 1. The van der Waals surface area contributed by atoms with Crippen LogP contribution in [0.15, 0.2) is 36.4 Å². The molecule has 28 heavy (non-hydrogen) atoms. The van der Waals surface area contributed by atoms with E-state index in [4.69, 9.17) is 34.8 Å². The normalized spacial score (nSPS) is 17.9. The van der Waals surface area contributed by atoms with Gasteiger partial charge in [-0.1, -0.05) is 47.8 Å². The number of rotatable bonds is 3. The SMILES string of the molecule is CCC1c2c(c3cc(Cl)ccc3n2C=C(C)c2ccc(Cl)c(Cl)c2)CCN1C. The molecule has 1 aromatic heterocycles. The molecule has 0 radical (unpaired) electrons. The summed E-state index contributed by atoms with van der Waals surface area (Å²) in [6.07, 6.45) is 4.31. The van der Waals surface area contributed by atoms with Crippen LogP contribution in [0.25, 0.3) is 22.7 Å². The van der Waals surface area contributed by atoms with Crippen LogP contribution in [0.5, 0.6) is 0 Å². The minimum atomic E-state index is 0.382. The fourth-order valence-corrected chi connectivity index (χ4v) is 4.77. The summed E-state index contributed by atoms with van der Waals surface area (Å²) < 4.78 is 2.35. The molecule has 1 unspecified atom stereocenters. The summed E-state index contributed by atoms with van der Waals surface area (Å²) in [6, 6.07) is 12.4. The highest BCUT2D eigenvalue weighted by Crippen LogP contribution is 2.40. The van der Waals surface area contributed by atoms with E-state index in [1.165, 1.54) is 22.2 Å². The Hall–Kier alpha value is -1.45. The molecule has 1 aliphatic rings. The molecule has 5 heteroatoms. The summed E-state index contributed by atoms with van der Waals surface area (Å²) >= 11 is 18.7. The molecule has 2 heterocycles. The van der Waals surface area contributed by atoms with Gasteiger partial charge in [0.15, 0.2) is 0 Å². The maximum atomic E-state index is 6.34. The standard InChI is InChI=1S/C23H23Cl3N2/c1-4-21-23-17(9-10-27(21)3)18-12-16(24)6-8-22(18)28(23)13-14(2)15-5-7-19(25)20(26)11-15/h5-8,11-13,21H,4,9-10H2,1-3H3. The molecule has 0 N–H and O–H groups in total. The van der Waals surface area contributed by atoms with Gasteiger partial charge in [-0.3, -0.25) is 4.90 Å². The Morgan fingerprint density at radius 1 is 1.11 bits per heavy atom. The zero-order chi connectivity index (χ0) is 20.0. The Bertz CT molecular complexity index is 1080. The third-order valence-corrected chi connectivity index (χ3v) is 6.73. The first-order valence-electron chi connectivity index (χ1n) is 9.57. The summed E-state index contributed by atoms with van der Waals surface area (Å²) in [6.45, 7) is 5.43. The van der Waals surface area contributed by atoms with E-state index in [1.807, 2.05) is 24.3 Å². The second kappa shape index (κ2) is 7.76. The maximum absolute atomic E-state index is 6.34. The smallest absolute Gasteiger partial charge is 0.0598 e. The predicted molar refractivity (Wildman–Crippen MR) is 123 cm³/mol. The highest BCUT2D eigenvalue weighted by atomic mass is 35.5. The van der Waals surface area contributed by atoms with Crippen LogP contribution in [-0.2, 0) is 6.42 Å². The van der Waals surface area contributed by atoms with Gasteiger partial charge in [0.05, 0.1) is 21.6 Å². The third kappa shape index (κ3) is 3.37. The van der Waals surface area contributed by atoms with Gasteiger partial charge in [-0.25, -0.2) is 0 Å². The Morgan fingerprint density at radius 3 is 2.61 bits per heavy atom. The Morgan fingerprint density at radius 2 is 1.89 bits per heavy atom. The fraction of sp³-hybridized carbons (Fsp3) is 0.304. The summed E-state index contributed by atoms with van der Waals surface area (Å²) in [5, 5.41) is 3.19. The lowest BCUT2D eigenvalue weighted by molar-refractivity contribution is 0.220. The fourth-order valence-electron chi connectivity index (χ4n) is 4.30. The zero-order valence-electron chi connectivity index (χ0n) is 16.3. The molecule has 0 saturated heterocycles. The van der Waals surface area contributed by atoms with E-state index in [0.29, 0.717) is 16.1 Å². The molecule has 0 aliphatic carbocycles. The van der Waals surface area contributed by atoms with Crippen molar-refractivity contribution in [2.45, 2.75) is 32.7 Å². The Labute approximate surface area is 181 Å². The van der Waals surface area contributed by atoms with Crippen LogP contribution in [0, 0.1) is 0 Å². The first-order valence-corrected chi connectivity index (χ1v) is 10.7. The number of halogens is 3. The first-order chi connectivity index (χ1) is 13.4. The molecule has 0 spiro atoms. The molecule has 2 nitrogen and oxygen atoms in total. The number of nitrogens with zero attached hydrogens (tertiary/aromatic N) is 2. The van der Waals surface area contributed by atoms with Crippen molar-refractivity contribution in [3.8, 4) is 0 Å². The van der Waals surface area contributed by atoms with Gasteiger partial charge in [-0.05, 0) is 73.8 Å². The Balaban J connectivity index is 1.95. The predicted octanol–water partition coefficient (Wildman–Crippen LogP) is 7.56. The van der Waals surface area contributed by atoms with Gasteiger partial charge in [0, 0.05) is 28.8 Å². The van der Waals surface area contributed by atoms with E-state index in [-0.39, 0.29) is 0 Å². The van der Waals surface area contributed by atoms with Crippen molar-refractivity contribution in [3.63, 3.8) is 0 Å². The van der Waals surface area contributed by atoms with Gasteiger partial charge in [0.25, 0.3) is 0 Å². The van der Waals surface area contributed by atoms with E-state index in [0.717, 1.165) is 35.5 Å². The molecule has 0 fully saturated rings. The number of fused-ring (bicyclic) bond motifs is 3. The van der Waals surface area contributed by atoms with E-state index < -0.39 is 0 Å². The van der Waals surface area contributed by atoms with E-state index in [2.05, 4.69) is 48.7 Å². The van der Waals surface area contributed by atoms with Crippen LogP contribution in [0.4, 0.5) is 0 Å². The average Bonchev–Trinajstić information content (AvgIpc) is 2.97. The lowest BCUT2D eigenvalue weighted by Gasteiger charge is -2.33. The van der Waals surface area contributed by atoms with Gasteiger partial charge in [0.2, 0.25) is 0 Å². The van der Waals surface area contributed by atoms with Crippen LogP contribution in [0.1, 0.15) is 43.1 Å². The molecular weight excluding hydrogens is 411 g/mol. The van der Waals surface area contributed by atoms with Crippen molar-refractivity contribution >= 4 is 57.5 Å². The quantitative estimate of drug-likeness (QED) is 0.413. The molecule has 4 rings (SSSR count). The van der Waals surface area contributed by atoms with Crippen LogP contribution >= 0.6 is 34.8 Å². The number of hydrogen-bond acceptors (Lipinski definition) is 1. The van der Waals surface area contributed by atoms with Crippen LogP contribution in [-0.4, -0.2) is 23.1 Å². The van der Waals surface area contributed by atoms with Crippen molar-refractivity contribution in [1.29, 1.82) is 0 Å². The molecule has 146 valence electrons. The maximum Gasteiger partial charge on any atom is 0.0598 e. The average molecular weight is 434 g/mol. The lowest BCUT2D eigenvalue weighted by atomic mass is 9.96. The summed E-state index contributed by atoms with van der Waals surface area (Å²) in [7, 11) is 2.21. The van der Waals surface area contributed by atoms with Gasteiger partial charge in [0.1, 0.15) is 0 Å². The molecule has 0 bridgehead atoms. The Kier molecular flexibility index (Phi) is 5.50. The molecule has 1 atom stereocenters. The van der Waals surface area contributed by atoms with Gasteiger partial charge in [-0.2, -0.15) is 0 Å². The minimum Gasteiger partial charge on any atom is -0.318 e. The van der Waals surface area contributed by atoms with Crippen LogP contribution in [0.2, 0.25) is 15.1 Å². The van der Waals surface area contributed by atoms with E-state index >= 15 is 0 Å². The molecular formula is C23H23Cl3N2. The highest BCUT2D eigenvalue weighted by molar-refractivity contribution is 6.42. The van der Waals surface area contributed by atoms with Crippen molar-refractivity contribution in [2.75, 3.05) is 13.6 Å². The van der Waals surface area contributed by atoms with Crippen molar-refractivity contribution in [2.24, 2.45) is 0 Å². The van der Waals surface area contributed by atoms with Crippen molar-refractivity contribution in [1.82, 2.24) is 9.47 Å². The molecule has 1 aliphatic heterocycles. The summed E-state index contributed by atoms with van der Waals surface area (Å²) in [5.74, 6) is 0. The molecule has 0 saturated carbocycles. The third-order valence-electron chi connectivity index (χ3n) is 5.76. The second-order valence-electron chi connectivity index (χ2n) is 7.49. The molecule has 0 amide bonds. The number of aromatic nitrogens is 1. The van der Waals surface area contributed by atoms with Crippen molar-refractivity contribution in [3.05, 3.63) is 68.3 Å². The van der Waals surface area contributed by atoms with E-state index in [1.54, 1.807) is 0 Å². The van der Waals surface area contributed by atoms with Gasteiger partial charge < -0.3 is 4.57 Å². The largest absolute Gasteiger partial charge is 0.318 e. The van der Waals surface area contributed by atoms with Crippen LogP contribution < -0.4 is 0 Å². The van der Waals surface area contributed by atoms with Crippen LogP contribution in [0.3, 0.4) is 0 Å².